The molecule has 1 spiro atoms. The first-order valence-corrected chi connectivity index (χ1v) is 11.7. The second kappa shape index (κ2) is 7.98. The van der Waals surface area contributed by atoms with Gasteiger partial charge in [0.1, 0.15) is 11.5 Å². The molecule has 3 aliphatic carbocycles. The summed E-state index contributed by atoms with van der Waals surface area (Å²) in [4.78, 5) is 26.3. The summed E-state index contributed by atoms with van der Waals surface area (Å²) in [7, 11) is 0. The Labute approximate surface area is 177 Å². The van der Waals surface area contributed by atoms with E-state index in [4.69, 9.17) is 9.26 Å². The lowest BCUT2D eigenvalue weighted by Crippen LogP contribution is -2.42. The molecule has 7 nitrogen and oxygen atoms in total. The van der Waals surface area contributed by atoms with Gasteiger partial charge in [-0.15, -0.1) is 0 Å². The average molecular weight is 416 g/mol. The van der Waals surface area contributed by atoms with Crippen LogP contribution in [0.1, 0.15) is 62.8 Å². The lowest BCUT2D eigenvalue weighted by atomic mass is 9.78. The van der Waals surface area contributed by atoms with E-state index in [9.17, 15) is 9.59 Å². The van der Waals surface area contributed by atoms with Gasteiger partial charge in [-0.05, 0) is 75.7 Å². The number of hydrogen-bond donors (Lipinski definition) is 2. The van der Waals surface area contributed by atoms with Gasteiger partial charge < -0.3 is 19.9 Å². The van der Waals surface area contributed by atoms with E-state index in [1.165, 1.54) is 12.8 Å². The third kappa shape index (κ3) is 3.55. The molecular weight excluding hydrogens is 382 g/mol. The minimum absolute atomic E-state index is 0.0231. The van der Waals surface area contributed by atoms with Crippen molar-refractivity contribution < 1.29 is 18.8 Å². The Balaban J connectivity index is 1.22. The Morgan fingerprint density at radius 3 is 2.70 bits per heavy atom. The van der Waals surface area contributed by atoms with Crippen LogP contribution in [0.15, 0.2) is 10.6 Å². The second-order valence-corrected chi connectivity index (χ2v) is 9.82. The monoisotopic (exact) mass is 415 g/mol. The molecule has 0 aromatic carbocycles. The minimum atomic E-state index is -0.287. The summed E-state index contributed by atoms with van der Waals surface area (Å²) in [5.74, 6) is 0.632. The first-order valence-electron chi connectivity index (χ1n) is 11.7. The zero-order valence-corrected chi connectivity index (χ0v) is 17.8. The van der Waals surface area contributed by atoms with E-state index in [1.807, 2.05) is 13.0 Å². The van der Waals surface area contributed by atoms with E-state index in [0.29, 0.717) is 36.7 Å². The zero-order chi connectivity index (χ0) is 20.7. The summed E-state index contributed by atoms with van der Waals surface area (Å²) in [5, 5.41) is 10.5. The number of rotatable bonds is 7. The van der Waals surface area contributed by atoms with Crippen molar-refractivity contribution in [2.45, 2.75) is 70.9 Å². The highest BCUT2D eigenvalue weighted by molar-refractivity contribution is 5.87. The normalized spacial score (nSPS) is 33.6. The maximum atomic E-state index is 13.2. The molecule has 1 aromatic heterocycles. The van der Waals surface area contributed by atoms with Crippen LogP contribution in [0.4, 0.5) is 0 Å². The molecule has 5 rings (SSSR count). The van der Waals surface area contributed by atoms with E-state index >= 15 is 0 Å². The van der Waals surface area contributed by atoms with Crippen molar-refractivity contribution >= 4 is 11.9 Å². The third-order valence-corrected chi connectivity index (χ3v) is 8.17. The van der Waals surface area contributed by atoms with E-state index in [-0.39, 0.29) is 29.1 Å². The average Bonchev–Trinajstić information content (AvgIpc) is 3.24. The quantitative estimate of drug-likeness (QED) is 0.665. The van der Waals surface area contributed by atoms with Crippen LogP contribution in [0, 0.1) is 36.0 Å². The molecule has 3 saturated carbocycles. The third-order valence-electron chi connectivity index (χ3n) is 8.17. The predicted molar refractivity (Wildman–Crippen MR) is 109 cm³/mol. The summed E-state index contributed by atoms with van der Waals surface area (Å²) in [6.07, 6.45) is 8.92. The molecule has 2 heterocycles. The van der Waals surface area contributed by atoms with E-state index in [1.54, 1.807) is 0 Å². The Kier molecular flexibility index (Phi) is 5.33. The summed E-state index contributed by atoms with van der Waals surface area (Å²) >= 11 is 0. The number of amides is 1. The largest absolute Gasteiger partial charge is 0.465 e. The van der Waals surface area contributed by atoms with Gasteiger partial charge in [-0.25, -0.2) is 0 Å². The first-order chi connectivity index (χ1) is 14.6. The Morgan fingerprint density at radius 2 is 2.03 bits per heavy atom. The van der Waals surface area contributed by atoms with Gasteiger partial charge in [0.15, 0.2) is 0 Å². The lowest BCUT2D eigenvalue weighted by molar-refractivity contribution is -0.155. The fraction of sp³-hybridized carbons (Fsp3) is 0.783. The second-order valence-electron chi connectivity index (χ2n) is 9.82. The topological polar surface area (TPSA) is 93.5 Å². The number of nitrogens with zero attached hydrogens (tertiary/aromatic N) is 1. The van der Waals surface area contributed by atoms with Gasteiger partial charge in [-0.2, -0.15) is 0 Å². The highest BCUT2D eigenvalue weighted by atomic mass is 16.5. The molecule has 164 valence electrons. The summed E-state index contributed by atoms with van der Waals surface area (Å²) < 4.78 is 10.9. The van der Waals surface area contributed by atoms with Crippen molar-refractivity contribution in [1.29, 1.82) is 0 Å². The van der Waals surface area contributed by atoms with Gasteiger partial charge in [0, 0.05) is 12.1 Å². The van der Waals surface area contributed by atoms with Crippen molar-refractivity contribution in [3.05, 3.63) is 17.5 Å². The number of nitrogens with one attached hydrogen (secondary N) is 2. The molecule has 30 heavy (non-hydrogen) atoms. The maximum absolute atomic E-state index is 13.2. The Bertz CT molecular complexity index is 796. The standard InChI is InChI=1S/C23H33N3O4/c1-14-12-16(26-30-14)13-25-21(27)19-17-5-6-18(23(17)8-9-23)20(19)22(28)29-11-7-15-4-2-3-10-24-15/h12,15,17-20,24H,2-11,13H2,1H3,(H,25,27)/t15?,17-,18+,19+,20+/m0/s1. The number of aryl methyl sites for hydroxylation is 1. The van der Waals surface area contributed by atoms with Gasteiger partial charge in [0.2, 0.25) is 5.91 Å². The molecule has 4 fully saturated rings. The molecule has 7 heteroatoms. The number of ether oxygens (including phenoxy) is 1. The number of carbonyl (C=O) groups is 2. The summed E-state index contributed by atoms with van der Waals surface area (Å²) in [5.41, 5.74) is 0.936. The Morgan fingerprint density at radius 1 is 1.23 bits per heavy atom. The van der Waals surface area contributed by atoms with Gasteiger partial charge in [0.05, 0.1) is 25.0 Å². The highest BCUT2D eigenvalue weighted by Gasteiger charge is 2.71. The fourth-order valence-corrected chi connectivity index (χ4v) is 6.69. The minimum Gasteiger partial charge on any atom is -0.465 e. The molecule has 2 N–H and O–H groups in total. The van der Waals surface area contributed by atoms with Crippen LogP contribution < -0.4 is 10.6 Å². The Hall–Kier alpha value is -1.89. The molecule has 0 radical (unpaired) electrons. The van der Waals surface area contributed by atoms with Crippen molar-refractivity contribution in [1.82, 2.24) is 15.8 Å². The first kappa shape index (κ1) is 20.0. The van der Waals surface area contributed by atoms with Gasteiger partial charge in [-0.3, -0.25) is 9.59 Å². The summed E-state index contributed by atoms with van der Waals surface area (Å²) in [6.45, 7) is 3.68. The van der Waals surface area contributed by atoms with Crippen LogP contribution in [0.5, 0.6) is 0 Å². The molecular formula is C23H33N3O4. The van der Waals surface area contributed by atoms with Gasteiger partial charge >= 0.3 is 5.97 Å². The van der Waals surface area contributed by atoms with E-state index in [0.717, 1.165) is 50.8 Å². The molecule has 1 unspecified atom stereocenters. The SMILES string of the molecule is Cc1cc(CNC(=O)[C@H]2[C@H](C(=O)OCCC3CCCCN3)[C@H]3CC[C@@H]2C32CC2)no1. The summed E-state index contributed by atoms with van der Waals surface area (Å²) in [6, 6.07) is 2.28. The number of piperidine rings is 1. The number of aromatic nitrogens is 1. The van der Waals surface area contributed by atoms with Crippen LogP contribution in [0.2, 0.25) is 0 Å². The van der Waals surface area contributed by atoms with Crippen molar-refractivity contribution in [3.8, 4) is 0 Å². The van der Waals surface area contributed by atoms with Crippen molar-refractivity contribution in [3.63, 3.8) is 0 Å². The van der Waals surface area contributed by atoms with Gasteiger partial charge in [0.25, 0.3) is 0 Å². The number of esters is 1. The lowest BCUT2D eigenvalue weighted by Gasteiger charge is -2.29. The molecule has 4 aliphatic rings. The van der Waals surface area contributed by atoms with Crippen molar-refractivity contribution in [2.24, 2.45) is 29.1 Å². The zero-order valence-electron chi connectivity index (χ0n) is 17.8. The fourth-order valence-electron chi connectivity index (χ4n) is 6.69. The van der Waals surface area contributed by atoms with Crippen LogP contribution in [-0.2, 0) is 20.9 Å². The molecule has 5 atom stereocenters. The van der Waals surface area contributed by atoms with Crippen molar-refractivity contribution in [2.75, 3.05) is 13.2 Å². The molecule has 1 amide bonds. The van der Waals surface area contributed by atoms with Crippen LogP contribution in [0.3, 0.4) is 0 Å². The number of hydrogen-bond acceptors (Lipinski definition) is 6. The predicted octanol–water partition coefficient (Wildman–Crippen LogP) is 2.73. The van der Waals surface area contributed by atoms with Crippen LogP contribution in [0.25, 0.3) is 0 Å². The smallest absolute Gasteiger partial charge is 0.310 e. The van der Waals surface area contributed by atoms with Crippen LogP contribution in [-0.4, -0.2) is 36.2 Å². The van der Waals surface area contributed by atoms with E-state index in [2.05, 4.69) is 15.8 Å². The molecule has 1 aromatic rings. The van der Waals surface area contributed by atoms with E-state index < -0.39 is 0 Å². The molecule has 1 aliphatic heterocycles. The molecule has 2 bridgehead atoms. The number of carbonyl (C=O) groups excluding carboxylic acids is 2. The van der Waals surface area contributed by atoms with Crippen LogP contribution >= 0.6 is 0 Å². The highest BCUT2D eigenvalue weighted by Crippen LogP contribution is 2.74. The van der Waals surface area contributed by atoms with Gasteiger partial charge in [-0.1, -0.05) is 11.6 Å². The maximum Gasteiger partial charge on any atom is 0.310 e. The molecule has 1 saturated heterocycles.